The van der Waals surface area contributed by atoms with Crippen molar-refractivity contribution in [2.45, 2.75) is 26.6 Å². The summed E-state index contributed by atoms with van der Waals surface area (Å²) in [7, 11) is 0.446. The molecule has 25 heavy (non-hydrogen) atoms. The highest BCUT2D eigenvalue weighted by molar-refractivity contribution is 7.55. The molecule has 3 heteroatoms. The van der Waals surface area contributed by atoms with Crippen LogP contribution in [0.5, 0.6) is 5.75 Å². The Balaban J connectivity index is 1.86. The number of ether oxygens (including phenoxy) is 1. The van der Waals surface area contributed by atoms with Gasteiger partial charge >= 0.3 is 0 Å². The first-order chi connectivity index (χ1) is 12.1. The lowest BCUT2D eigenvalue weighted by Crippen LogP contribution is -2.14. The van der Waals surface area contributed by atoms with Crippen LogP contribution in [0.3, 0.4) is 0 Å². The monoisotopic (exact) mass is 350 g/mol. The lowest BCUT2D eigenvalue weighted by atomic mass is 10.1. The van der Waals surface area contributed by atoms with Gasteiger partial charge in [0.1, 0.15) is 12.4 Å². The van der Waals surface area contributed by atoms with Gasteiger partial charge in [-0.1, -0.05) is 81.4 Å². The molecule has 0 aromatic heterocycles. The van der Waals surface area contributed by atoms with Crippen LogP contribution < -0.4 is 15.3 Å². The van der Waals surface area contributed by atoms with Gasteiger partial charge in [-0.05, 0) is 35.8 Å². The first-order valence-corrected chi connectivity index (χ1v) is 9.45. The average Bonchev–Trinajstić information content (AvgIpc) is 2.62. The third kappa shape index (κ3) is 4.48. The van der Waals surface area contributed by atoms with Crippen molar-refractivity contribution >= 4 is 19.2 Å². The summed E-state index contributed by atoms with van der Waals surface area (Å²) in [6.07, 6.45) is -0.470. The zero-order chi connectivity index (χ0) is 17.6. The molecule has 0 saturated heterocycles. The van der Waals surface area contributed by atoms with E-state index in [-0.39, 0.29) is 0 Å². The molecule has 0 radical (unpaired) electrons. The molecule has 0 aliphatic rings. The molecule has 3 aromatic carbocycles. The predicted molar refractivity (Wildman–Crippen MR) is 107 cm³/mol. The Hall–Kier alpha value is -2.15. The van der Waals surface area contributed by atoms with E-state index in [1.807, 2.05) is 43.3 Å². The molecule has 3 rings (SSSR count). The zero-order valence-electron chi connectivity index (χ0n) is 14.6. The molecule has 0 spiro atoms. The molecule has 0 amide bonds. The fourth-order valence-electron chi connectivity index (χ4n) is 2.79. The molecule has 3 aromatic rings. The summed E-state index contributed by atoms with van der Waals surface area (Å²) in [5.74, 6) is 0.949. The first kappa shape index (κ1) is 17.7. The number of aliphatic hydroxyl groups excluding tert-OH is 1. The normalized spacial score (nSPS) is 12.4. The Morgan fingerprint density at radius 2 is 1.56 bits per heavy atom. The molecule has 0 fully saturated rings. The Morgan fingerprint density at radius 1 is 0.880 bits per heavy atom. The van der Waals surface area contributed by atoms with Crippen molar-refractivity contribution in [2.24, 2.45) is 0 Å². The summed E-state index contributed by atoms with van der Waals surface area (Å²) in [5, 5.41) is 12.4. The van der Waals surface area contributed by atoms with Crippen molar-refractivity contribution in [3.8, 4) is 5.75 Å². The van der Waals surface area contributed by atoms with E-state index < -0.39 is 6.10 Å². The van der Waals surface area contributed by atoms with Crippen molar-refractivity contribution in [1.29, 1.82) is 0 Å². The second-order valence-electron chi connectivity index (χ2n) is 6.11. The number of para-hydroxylation sites is 1. The number of aryl methyl sites for hydroxylation is 1. The van der Waals surface area contributed by atoms with Gasteiger partial charge in [0.05, 0.1) is 6.10 Å². The fraction of sp³-hybridized carbons (Fsp3) is 0.182. The maximum atomic E-state index is 10.0. The van der Waals surface area contributed by atoms with Crippen molar-refractivity contribution in [2.75, 3.05) is 0 Å². The van der Waals surface area contributed by atoms with Crippen LogP contribution in [0, 0.1) is 6.92 Å². The van der Waals surface area contributed by atoms with Crippen molar-refractivity contribution < 1.29 is 9.84 Å². The quantitative estimate of drug-likeness (QED) is 0.673. The molecular formula is C22H23O2P. The van der Waals surface area contributed by atoms with Crippen molar-refractivity contribution in [3.63, 3.8) is 0 Å². The van der Waals surface area contributed by atoms with E-state index in [0.717, 1.165) is 27.7 Å². The lowest BCUT2D eigenvalue weighted by Gasteiger charge is -2.17. The van der Waals surface area contributed by atoms with Crippen LogP contribution in [0.1, 0.15) is 29.7 Å². The topological polar surface area (TPSA) is 29.5 Å². The molecule has 2 nitrogen and oxygen atoms in total. The molecular weight excluding hydrogens is 327 g/mol. The van der Waals surface area contributed by atoms with Crippen LogP contribution in [0.4, 0.5) is 0 Å². The number of aliphatic hydroxyl groups is 1. The highest BCUT2D eigenvalue weighted by atomic mass is 31.1. The van der Waals surface area contributed by atoms with Gasteiger partial charge in [-0.25, -0.2) is 0 Å². The SMILES string of the molecule is Cc1cccc(Pc2ccccc2C(C)O)c1OCc1ccccc1. The molecule has 128 valence electrons. The Morgan fingerprint density at radius 3 is 2.32 bits per heavy atom. The summed E-state index contributed by atoms with van der Waals surface area (Å²) in [6, 6.07) is 24.5. The van der Waals surface area contributed by atoms with Crippen LogP contribution in [0.2, 0.25) is 0 Å². The fourth-order valence-corrected chi connectivity index (χ4v) is 4.26. The van der Waals surface area contributed by atoms with Crippen LogP contribution in [0.15, 0.2) is 72.8 Å². The van der Waals surface area contributed by atoms with Gasteiger partial charge in [-0.3, -0.25) is 0 Å². The van der Waals surface area contributed by atoms with Crippen molar-refractivity contribution in [1.82, 2.24) is 0 Å². The summed E-state index contributed by atoms with van der Waals surface area (Å²) >= 11 is 0. The summed E-state index contributed by atoms with van der Waals surface area (Å²) in [5.41, 5.74) is 3.27. The van der Waals surface area contributed by atoms with Gasteiger partial charge in [-0.15, -0.1) is 0 Å². The second-order valence-corrected chi connectivity index (χ2v) is 7.44. The van der Waals surface area contributed by atoms with Gasteiger partial charge in [0.25, 0.3) is 0 Å². The van der Waals surface area contributed by atoms with Crippen LogP contribution in [-0.2, 0) is 6.61 Å². The van der Waals surface area contributed by atoms with Gasteiger partial charge < -0.3 is 9.84 Å². The molecule has 0 aliphatic heterocycles. The molecule has 2 atom stereocenters. The number of rotatable bonds is 6. The number of benzene rings is 3. The van der Waals surface area contributed by atoms with E-state index in [0.29, 0.717) is 15.2 Å². The van der Waals surface area contributed by atoms with Crippen LogP contribution in [-0.4, -0.2) is 5.11 Å². The predicted octanol–water partition coefficient (Wildman–Crippen LogP) is 4.26. The summed E-state index contributed by atoms with van der Waals surface area (Å²) in [6.45, 7) is 4.45. The lowest BCUT2D eigenvalue weighted by molar-refractivity contribution is 0.200. The molecule has 1 N–H and O–H groups in total. The highest BCUT2D eigenvalue weighted by Gasteiger charge is 2.12. The van der Waals surface area contributed by atoms with E-state index in [1.165, 1.54) is 5.30 Å². The minimum Gasteiger partial charge on any atom is -0.488 e. The Labute approximate surface area is 151 Å². The van der Waals surface area contributed by atoms with Crippen molar-refractivity contribution in [3.05, 3.63) is 89.5 Å². The van der Waals surface area contributed by atoms with Gasteiger partial charge in [0, 0.05) is 5.30 Å². The molecule has 0 bridgehead atoms. The van der Waals surface area contributed by atoms with E-state index in [2.05, 4.69) is 43.3 Å². The van der Waals surface area contributed by atoms with E-state index >= 15 is 0 Å². The largest absolute Gasteiger partial charge is 0.488 e. The second kappa shape index (κ2) is 8.29. The number of hydrogen-bond donors (Lipinski definition) is 1. The Kier molecular flexibility index (Phi) is 5.86. The van der Waals surface area contributed by atoms with Gasteiger partial charge in [0.2, 0.25) is 0 Å². The third-order valence-corrected chi connectivity index (χ3v) is 5.51. The molecule has 2 unspecified atom stereocenters. The molecule has 0 aliphatic carbocycles. The summed E-state index contributed by atoms with van der Waals surface area (Å²) in [4.78, 5) is 0. The standard InChI is InChI=1S/C22H23O2P/c1-16-9-8-14-21(22(16)24-15-18-10-4-3-5-11-18)25-20-13-7-6-12-19(20)17(2)23/h3-14,17,23,25H,15H2,1-2H3. The molecule has 0 heterocycles. The molecule has 0 saturated carbocycles. The zero-order valence-corrected chi connectivity index (χ0v) is 15.6. The first-order valence-electron chi connectivity index (χ1n) is 8.45. The maximum absolute atomic E-state index is 10.0. The number of hydrogen-bond acceptors (Lipinski definition) is 2. The van der Waals surface area contributed by atoms with E-state index in [9.17, 15) is 5.11 Å². The maximum Gasteiger partial charge on any atom is 0.130 e. The van der Waals surface area contributed by atoms with Gasteiger partial charge in [0.15, 0.2) is 0 Å². The minimum absolute atomic E-state index is 0.446. The Bertz CT molecular complexity index is 828. The minimum atomic E-state index is -0.470. The average molecular weight is 350 g/mol. The van der Waals surface area contributed by atoms with Gasteiger partial charge in [-0.2, -0.15) is 0 Å². The smallest absolute Gasteiger partial charge is 0.130 e. The van der Waals surface area contributed by atoms with Crippen LogP contribution in [0.25, 0.3) is 0 Å². The van der Waals surface area contributed by atoms with E-state index in [1.54, 1.807) is 0 Å². The summed E-state index contributed by atoms with van der Waals surface area (Å²) < 4.78 is 6.17. The van der Waals surface area contributed by atoms with Crippen LogP contribution >= 0.6 is 8.58 Å². The van der Waals surface area contributed by atoms with E-state index in [4.69, 9.17) is 4.74 Å². The third-order valence-electron chi connectivity index (χ3n) is 4.12. The highest BCUT2D eigenvalue weighted by Crippen LogP contribution is 2.26.